The number of hydrogen-bond acceptors (Lipinski definition) is 4. The molecular formula is C14H15NO3. The van der Waals surface area contributed by atoms with Gasteiger partial charge in [0.2, 0.25) is 5.88 Å². The second-order valence-electron chi connectivity index (χ2n) is 3.92. The summed E-state index contributed by atoms with van der Waals surface area (Å²) in [6, 6.07) is 9.01. The molecule has 2 rings (SSSR count). The van der Waals surface area contributed by atoms with Crippen molar-refractivity contribution >= 4 is 0 Å². The lowest BCUT2D eigenvalue weighted by atomic mass is 10.2. The van der Waals surface area contributed by atoms with Crippen LogP contribution in [0.4, 0.5) is 0 Å². The van der Waals surface area contributed by atoms with Crippen molar-refractivity contribution in [2.75, 3.05) is 7.11 Å². The lowest BCUT2D eigenvalue weighted by molar-refractivity contribution is 0.280. The van der Waals surface area contributed by atoms with Crippen LogP contribution in [0.3, 0.4) is 0 Å². The molecule has 1 aromatic carbocycles. The molecule has 0 aliphatic heterocycles. The number of nitrogens with zero attached hydrogens (tertiary/aromatic N) is 1. The van der Waals surface area contributed by atoms with Gasteiger partial charge in [-0.2, -0.15) is 0 Å². The Hall–Kier alpha value is -2.07. The lowest BCUT2D eigenvalue weighted by Crippen LogP contribution is -1.94. The minimum Gasteiger partial charge on any atom is -0.493 e. The number of ether oxygens (including phenoxy) is 2. The highest BCUT2D eigenvalue weighted by Gasteiger charge is 2.07. The number of aryl methyl sites for hydroxylation is 1. The van der Waals surface area contributed by atoms with Gasteiger partial charge in [0, 0.05) is 12.3 Å². The molecule has 0 aliphatic rings. The van der Waals surface area contributed by atoms with E-state index in [2.05, 4.69) is 4.98 Å². The molecule has 0 amide bonds. The predicted octanol–water partition coefficient (Wildman–Crippen LogP) is 2.68. The van der Waals surface area contributed by atoms with Crippen LogP contribution in [-0.4, -0.2) is 17.2 Å². The number of rotatable bonds is 4. The molecule has 0 saturated heterocycles. The van der Waals surface area contributed by atoms with Crippen LogP contribution in [0, 0.1) is 6.92 Å². The van der Waals surface area contributed by atoms with E-state index in [0.29, 0.717) is 17.4 Å². The SMILES string of the molecule is COc1cc(CO)ccc1Oc1ccc(C)cn1. The Bertz CT molecular complexity index is 523. The van der Waals surface area contributed by atoms with Crippen LogP contribution in [0.25, 0.3) is 0 Å². The van der Waals surface area contributed by atoms with Crippen molar-refractivity contribution in [3.63, 3.8) is 0 Å². The van der Waals surface area contributed by atoms with Gasteiger partial charge in [-0.1, -0.05) is 12.1 Å². The fraction of sp³-hybridized carbons (Fsp3) is 0.214. The Balaban J connectivity index is 2.25. The normalized spacial score (nSPS) is 10.2. The van der Waals surface area contributed by atoms with E-state index in [9.17, 15) is 0 Å². The summed E-state index contributed by atoms with van der Waals surface area (Å²) in [5.74, 6) is 1.66. The summed E-state index contributed by atoms with van der Waals surface area (Å²) in [6.07, 6.45) is 1.74. The van der Waals surface area contributed by atoms with Crippen molar-refractivity contribution in [2.45, 2.75) is 13.5 Å². The van der Waals surface area contributed by atoms with Crippen LogP contribution in [0.1, 0.15) is 11.1 Å². The Labute approximate surface area is 106 Å². The van der Waals surface area contributed by atoms with Crippen LogP contribution in [0.5, 0.6) is 17.4 Å². The van der Waals surface area contributed by atoms with Gasteiger partial charge >= 0.3 is 0 Å². The van der Waals surface area contributed by atoms with Gasteiger partial charge in [-0.3, -0.25) is 0 Å². The molecule has 18 heavy (non-hydrogen) atoms. The molecule has 0 saturated carbocycles. The largest absolute Gasteiger partial charge is 0.493 e. The van der Waals surface area contributed by atoms with E-state index >= 15 is 0 Å². The summed E-state index contributed by atoms with van der Waals surface area (Å²) >= 11 is 0. The fourth-order valence-electron chi connectivity index (χ4n) is 1.52. The topological polar surface area (TPSA) is 51.6 Å². The summed E-state index contributed by atoms with van der Waals surface area (Å²) in [4.78, 5) is 4.16. The third kappa shape index (κ3) is 2.78. The maximum Gasteiger partial charge on any atom is 0.219 e. The summed E-state index contributed by atoms with van der Waals surface area (Å²) in [5.41, 5.74) is 1.85. The second-order valence-corrected chi connectivity index (χ2v) is 3.92. The van der Waals surface area contributed by atoms with Gasteiger partial charge in [-0.25, -0.2) is 4.98 Å². The lowest BCUT2D eigenvalue weighted by Gasteiger charge is -2.10. The molecule has 94 valence electrons. The number of pyridine rings is 1. The maximum absolute atomic E-state index is 9.06. The quantitative estimate of drug-likeness (QED) is 0.899. The molecule has 4 nitrogen and oxygen atoms in total. The standard InChI is InChI=1S/C14H15NO3/c1-10-3-6-14(15-8-10)18-12-5-4-11(9-16)7-13(12)17-2/h3-8,16H,9H2,1-2H3. The van der Waals surface area contributed by atoms with Crippen molar-refractivity contribution in [1.29, 1.82) is 0 Å². The Morgan fingerprint density at radius 3 is 2.61 bits per heavy atom. The first-order valence-corrected chi connectivity index (χ1v) is 5.61. The highest BCUT2D eigenvalue weighted by molar-refractivity contribution is 5.44. The van der Waals surface area contributed by atoms with E-state index in [4.69, 9.17) is 14.6 Å². The molecule has 1 aromatic heterocycles. The fourth-order valence-corrected chi connectivity index (χ4v) is 1.52. The molecular weight excluding hydrogens is 230 g/mol. The molecule has 0 bridgehead atoms. The van der Waals surface area contributed by atoms with Gasteiger partial charge in [-0.15, -0.1) is 0 Å². The summed E-state index contributed by atoms with van der Waals surface area (Å²) in [7, 11) is 1.56. The van der Waals surface area contributed by atoms with Crippen LogP contribution >= 0.6 is 0 Å². The van der Waals surface area contributed by atoms with E-state index < -0.39 is 0 Å². The smallest absolute Gasteiger partial charge is 0.219 e. The van der Waals surface area contributed by atoms with Crippen molar-refractivity contribution < 1.29 is 14.6 Å². The third-order valence-corrected chi connectivity index (χ3v) is 2.51. The average Bonchev–Trinajstić information content (AvgIpc) is 2.41. The van der Waals surface area contributed by atoms with Crippen molar-refractivity contribution in [3.8, 4) is 17.4 Å². The van der Waals surface area contributed by atoms with Gasteiger partial charge in [0.05, 0.1) is 13.7 Å². The molecule has 0 radical (unpaired) electrons. The number of aromatic nitrogens is 1. The zero-order chi connectivity index (χ0) is 13.0. The molecule has 4 heteroatoms. The predicted molar refractivity (Wildman–Crippen MR) is 68.0 cm³/mol. The number of aliphatic hydroxyl groups is 1. The molecule has 2 aromatic rings. The molecule has 0 spiro atoms. The number of aliphatic hydroxyl groups excluding tert-OH is 1. The zero-order valence-electron chi connectivity index (χ0n) is 10.4. The molecule has 1 N–H and O–H groups in total. The molecule has 0 unspecified atom stereocenters. The number of hydrogen-bond donors (Lipinski definition) is 1. The minimum atomic E-state index is -0.0284. The van der Waals surface area contributed by atoms with Gasteiger partial charge < -0.3 is 14.6 Å². The number of methoxy groups -OCH3 is 1. The first-order chi connectivity index (χ1) is 8.72. The van der Waals surface area contributed by atoms with Gasteiger partial charge in [0.1, 0.15) is 0 Å². The molecule has 1 heterocycles. The Morgan fingerprint density at radius 1 is 1.17 bits per heavy atom. The maximum atomic E-state index is 9.06. The molecule has 0 atom stereocenters. The number of benzene rings is 1. The summed E-state index contributed by atoms with van der Waals surface area (Å²) in [5, 5.41) is 9.06. The van der Waals surface area contributed by atoms with Crippen molar-refractivity contribution in [2.24, 2.45) is 0 Å². The van der Waals surface area contributed by atoms with E-state index in [1.165, 1.54) is 0 Å². The van der Waals surface area contributed by atoms with E-state index in [0.717, 1.165) is 11.1 Å². The van der Waals surface area contributed by atoms with Gasteiger partial charge in [-0.05, 0) is 30.2 Å². The van der Waals surface area contributed by atoms with E-state index in [1.807, 2.05) is 13.0 Å². The van der Waals surface area contributed by atoms with Crippen LogP contribution in [0.2, 0.25) is 0 Å². The van der Waals surface area contributed by atoms with E-state index in [-0.39, 0.29) is 6.61 Å². The monoisotopic (exact) mass is 245 g/mol. The van der Waals surface area contributed by atoms with E-state index in [1.54, 1.807) is 37.6 Å². The summed E-state index contributed by atoms with van der Waals surface area (Å²) < 4.78 is 10.9. The van der Waals surface area contributed by atoms with Gasteiger partial charge in [0.15, 0.2) is 11.5 Å². The van der Waals surface area contributed by atoms with Crippen molar-refractivity contribution in [1.82, 2.24) is 4.98 Å². The average molecular weight is 245 g/mol. The van der Waals surface area contributed by atoms with Crippen LogP contribution in [0.15, 0.2) is 36.5 Å². The second kappa shape index (κ2) is 5.51. The Kier molecular flexibility index (Phi) is 3.79. The summed E-state index contributed by atoms with van der Waals surface area (Å²) in [6.45, 7) is 1.94. The van der Waals surface area contributed by atoms with Crippen LogP contribution < -0.4 is 9.47 Å². The van der Waals surface area contributed by atoms with Crippen molar-refractivity contribution in [3.05, 3.63) is 47.7 Å². The Morgan fingerprint density at radius 2 is 2.00 bits per heavy atom. The third-order valence-electron chi connectivity index (χ3n) is 2.51. The van der Waals surface area contributed by atoms with Crippen LogP contribution in [-0.2, 0) is 6.61 Å². The molecule has 0 fully saturated rings. The highest BCUT2D eigenvalue weighted by Crippen LogP contribution is 2.31. The van der Waals surface area contributed by atoms with Gasteiger partial charge in [0.25, 0.3) is 0 Å². The minimum absolute atomic E-state index is 0.0284. The molecule has 0 aliphatic carbocycles. The zero-order valence-corrected chi connectivity index (χ0v) is 10.4. The highest BCUT2D eigenvalue weighted by atomic mass is 16.5. The first kappa shape index (κ1) is 12.4. The first-order valence-electron chi connectivity index (χ1n) is 5.61.